The Morgan fingerprint density at radius 3 is 3.18 bits per heavy atom. The summed E-state index contributed by atoms with van der Waals surface area (Å²) in [4.78, 5) is 1.69. The highest BCUT2D eigenvalue weighted by Gasteiger charge is 2.17. The fourth-order valence-corrected chi connectivity index (χ4v) is 1.30. The summed E-state index contributed by atoms with van der Waals surface area (Å²) < 4.78 is 0. The van der Waals surface area contributed by atoms with Crippen LogP contribution in [0.4, 0.5) is 5.82 Å². The summed E-state index contributed by atoms with van der Waals surface area (Å²) in [6, 6.07) is 0.396. The van der Waals surface area contributed by atoms with Gasteiger partial charge in [0.2, 0.25) is 0 Å². The van der Waals surface area contributed by atoms with Crippen LogP contribution in [-0.2, 0) is 0 Å². The van der Waals surface area contributed by atoms with Crippen LogP contribution in [0.15, 0.2) is 6.20 Å². The van der Waals surface area contributed by atoms with E-state index in [9.17, 15) is 0 Å². The molecule has 1 aliphatic rings. The van der Waals surface area contributed by atoms with Crippen LogP contribution < -0.4 is 11.1 Å². The highest BCUT2D eigenvalue weighted by molar-refractivity contribution is 5.19. The summed E-state index contributed by atoms with van der Waals surface area (Å²) in [6.07, 6.45) is 2.67. The van der Waals surface area contributed by atoms with E-state index in [4.69, 9.17) is 5.73 Å². The summed E-state index contributed by atoms with van der Waals surface area (Å²) in [6.45, 7) is 2.00. The maximum absolute atomic E-state index is 5.43. The third kappa shape index (κ3) is 1.19. The Morgan fingerprint density at radius 1 is 1.73 bits per heavy atom. The number of nitrogens with one attached hydrogen (secondary N) is 1. The molecule has 1 aromatic rings. The molecule has 0 radical (unpaired) electrons. The van der Waals surface area contributed by atoms with Gasteiger partial charge in [-0.15, -0.1) is 5.10 Å². The van der Waals surface area contributed by atoms with Gasteiger partial charge in [-0.2, -0.15) is 9.90 Å². The molecule has 5 heteroatoms. The zero-order chi connectivity index (χ0) is 7.68. The molecule has 1 aromatic heterocycles. The Balaban J connectivity index is 2.15. The smallest absolute Gasteiger partial charge is 0.165 e. The van der Waals surface area contributed by atoms with Crippen LogP contribution in [0.5, 0.6) is 0 Å². The van der Waals surface area contributed by atoms with Gasteiger partial charge in [-0.1, -0.05) is 0 Å². The summed E-state index contributed by atoms with van der Waals surface area (Å²) in [5, 5.41) is 11.3. The van der Waals surface area contributed by atoms with Crippen LogP contribution in [0.2, 0.25) is 0 Å². The van der Waals surface area contributed by atoms with E-state index >= 15 is 0 Å². The fraction of sp³-hybridized carbons (Fsp3) is 0.667. The number of nitrogens with two attached hydrogens (primary N) is 1. The summed E-state index contributed by atoms with van der Waals surface area (Å²) in [7, 11) is 0. The molecule has 0 saturated carbocycles. The number of anilines is 1. The van der Waals surface area contributed by atoms with Gasteiger partial charge in [0.05, 0.1) is 12.2 Å². The lowest BCUT2D eigenvalue weighted by molar-refractivity contribution is 0.434. The summed E-state index contributed by atoms with van der Waals surface area (Å²) in [5.41, 5.74) is 5.43. The number of nitrogen functional groups attached to an aromatic ring is 1. The van der Waals surface area contributed by atoms with E-state index < -0.39 is 0 Å². The van der Waals surface area contributed by atoms with Crippen LogP contribution in [-0.4, -0.2) is 28.1 Å². The maximum Gasteiger partial charge on any atom is 0.165 e. The molecule has 11 heavy (non-hydrogen) atoms. The first kappa shape index (κ1) is 6.60. The zero-order valence-electron chi connectivity index (χ0n) is 6.20. The van der Waals surface area contributed by atoms with E-state index in [1.54, 1.807) is 11.0 Å². The quantitative estimate of drug-likeness (QED) is 0.565. The highest BCUT2D eigenvalue weighted by Crippen LogP contribution is 2.12. The maximum atomic E-state index is 5.43. The first-order valence-electron chi connectivity index (χ1n) is 3.74. The van der Waals surface area contributed by atoms with Gasteiger partial charge in [0.25, 0.3) is 0 Å². The number of hydrogen-bond acceptors (Lipinski definition) is 4. The summed E-state index contributed by atoms with van der Waals surface area (Å²) in [5.74, 6) is 0.497. The predicted molar refractivity (Wildman–Crippen MR) is 41.0 cm³/mol. The number of hydrogen-bond donors (Lipinski definition) is 2. The second-order valence-corrected chi connectivity index (χ2v) is 2.74. The van der Waals surface area contributed by atoms with Crippen molar-refractivity contribution in [3.05, 3.63) is 6.20 Å². The van der Waals surface area contributed by atoms with E-state index in [2.05, 4.69) is 15.5 Å². The SMILES string of the molecule is Nc1cnn(C2CCNC2)n1. The second-order valence-electron chi connectivity index (χ2n) is 2.74. The fourth-order valence-electron chi connectivity index (χ4n) is 1.30. The van der Waals surface area contributed by atoms with Gasteiger partial charge < -0.3 is 11.1 Å². The van der Waals surface area contributed by atoms with Gasteiger partial charge in [-0.05, 0) is 13.0 Å². The molecule has 0 bridgehead atoms. The Hall–Kier alpha value is -1.10. The predicted octanol–water partition coefficient (Wildman–Crippen LogP) is -0.605. The normalized spacial score (nSPS) is 24.2. The molecule has 1 unspecified atom stereocenters. The van der Waals surface area contributed by atoms with Gasteiger partial charge in [0.1, 0.15) is 0 Å². The van der Waals surface area contributed by atoms with Gasteiger partial charge in [0.15, 0.2) is 5.82 Å². The van der Waals surface area contributed by atoms with Crippen molar-refractivity contribution < 1.29 is 0 Å². The van der Waals surface area contributed by atoms with Crippen LogP contribution in [0.3, 0.4) is 0 Å². The number of rotatable bonds is 1. The third-order valence-corrected chi connectivity index (χ3v) is 1.89. The molecule has 1 aliphatic heterocycles. The molecule has 5 nitrogen and oxygen atoms in total. The van der Waals surface area contributed by atoms with Crippen molar-refractivity contribution in [3.63, 3.8) is 0 Å². The molecule has 1 fully saturated rings. The molecule has 0 spiro atoms. The summed E-state index contributed by atoms with van der Waals surface area (Å²) >= 11 is 0. The zero-order valence-corrected chi connectivity index (χ0v) is 6.20. The molecule has 0 amide bonds. The van der Waals surface area contributed by atoms with Gasteiger partial charge in [0, 0.05) is 6.54 Å². The minimum Gasteiger partial charge on any atom is -0.381 e. The first-order chi connectivity index (χ1) is 5.36. The molecule has 1 saturated heterocycles. The van der Waals surface area contributed by atoms with Gasteiger partial charge >= 0.3 is 0 Å². The highest BCUT2D eigenvalue weighted by atomic mass is 15.5. The molecule has 2 heterocycles. The topological polar surface area (TPSA) is 68.8 Å². The van der Waals surface area contributed by atoms with Crippen molar-refractivity contribution in [2.45, 2.75) is 12.5 Å². The lowest BCUT2D eigenvalue weighted by atomic mass is 10.3. The lowest BCUT2D eigenvalue weighted by Gasteiger charge is -2.04. The van der Waals surface area contributed by atoms with E-state index in [0.29, 0.717) is 11.9 Å². The standard InChI is InChI=1S/C6H11N5/c7-6-4-9-11(10-6)5-1-2-8-3-5/h4-5,8H,1-3H2,(H2,7,10). The van der Waals surface area contributed by atoms with Crippen LogP contribution in [0, 0.1) is 0 Å². The molecule has 2 rings (SSSR count). The van der Waals surface area contributed by atoms with Crippen molar-refractivity contribution in [2.75, 3.05) is 18.8 Å². The Morgan fingerprint density at radius 2 is 2.64 bits per heavy atom. The minimum atomic E-state index is 0.396. The molecular weight excluding hydrogens is 142 g/mol. The lowest BCUT2D eigenvalue weighted by Crippen LogP contribution is -2.15. The molecule has 0 aromatic carbocycles. The molecule has 3 N–H and O–H groups in total. The third-order valence-electron chi connectivity index (χ3n) is 1.89. The van der Waals surface area contributed by atoms with Crippen molar-refractivity contribution in [3.8, 4) is 0 Å². The van der Waals surface area contributed by atoms with Crippen molar-refractivity contribution in [1.82, 2.24) is 20.3 Å². The van der Waals surface area contributed by atoms with E-state index in [-0.39, 0.29) is 0 Å². The number of nitrogens with zero attached hydrogens (tertiary/aromatic N) is 3. The average molecular weight is 153 g/mol. The first-order valence-corrected chi connectivity index (χ1v) is 3.74. The number of aromatic nitrogens is 3. The van der Waals surface area contributed by atoms with E-state index in [1.165, 1.54) is 0 Å². The molecular formula is C6H11N5. The van der Waals surface area contributed by atoms with Crippen molar-refractivity contribution in [1.29, 1.82) is 0 Å². The Labute approximate surface area is 64.6 Å². The van der Waals surface area contributed by atoms with Gasteiger partial charge in [-0.25, -0.2) is 0 Å². The Kier molecular flexibility index (Phi) is 1.50. The van der Waals surface area contributed by atoms with Crippen LogP contribution in [0.1, 0.15) is 12.5 Å². The molecule has 1 atom stereocenters. The van der Waals surface area contributed by atoms with Gasteiger partial charge in [-0.3, -0.25) is 0 Å². The second kappa shape index (κ2) is 2.50. The Bertz CT molecular complexity index is 237. The van der Waals surface area contributed by atoms with Crippen molar-refractivity contribution in [2.24, 2.45) is 0 Å². The van der Waals surface area contributed by atoms with Crippen molar-refractivity contribution >= 4 is 5.82 Å². The minimum absolute atomic E-state index is 0.396. The van der Waals surface area contributed by atoms with E-state index in [1.807, 2.05) is 0 Å². The average Bonchev–Trinajstić information content (AvgIpc) is 2.55. The molecule has 60 valence electrons. The van der Waals surface area contributed by atoms with Crippen LogP contribution in [0.25, 0.3) is 0 Å². The van der Waals surface area contributed by atoms with E-state index in [0.717, 1.165) is 19.5 Å². The monoisotopic (exact) mass is 153 g/mol. The largest absolute Gasteiger partial charge is 0.381 e. The van der Waals surface area contributed by atoms with Crippen LogP contribution >= 0.6 is 0 Å². The molecule has 0 aliphatic carbocycles.